The van der Waals surface area contributed by atoms with Crippen LogP contribution in [0.4, 0.5) is 24.9 Å². The quantitative estimate of drug-likeness (QED) is 0.904. The fraction of sp³-hybridized carbons (Fsp3) is 0.417. The van der Waals surface area contributed by atoms with E-state index in [1.54, 1.807) is 13.8 Å². The van der Waals surface area contributed by atoms with Gasteiger partial charge in [-0.15, -0.1) is 0 Å². The second-order valence-electron chi connectivity index (χ2n) is 4.38. The van der Waals surface area contributed by atoms with Crippen molar-refractivity contribution in [3.8, 4) is 0 Å². The number of oxazole rings is 1. The highest BCUT2D eigenvalue weighted by Crippen LogP contribution is 2.30. The average Bonchev–Trinajstić information content (AvgIpc) is 2.84. The molecule has 0 aliphatic heterocycles. The molecule has 0 amide bonds. The van der Waals surface area contributed by atoms with Crippen LogP contribution in [-0.4, -0.2) is 22.0 Å². The van der Waals surface area contributed by atoms with Gasteiger partial charge in [-0.25, -0.2) is 9.97 Å². The molecule has 0 aromatic carbocycles. The van der Waals surface area contributed by atoms with Gasteiger partial charge in [0.25, 0.3) is 0 Å². The van der Waals surface area contributed by atoms with Crippen LogP contribution in [0.3, 0.4) is 0 Å². The number of rotatable bonds is 4. The summed E-state index contributed by atoms with van der Waals surface area (Å²) in [5.41, 5.74) is -1.03. The van der Waals surface area contributed by atoms with Crippen LogP contribution >= 0.6 is 0 Å². The number of aromatic nitrogens is 3. The third-order valence-electron chi connectivity index (χ3n) is 2.61. The van der Waals surface area contributed by atoms with Gasteiger partial charge in [0.2, 0.25) is 11.8 Å². The summed E-state index contributed by atoms with van der Waals surface area (Å²) in [5, 5.41) is 5.31. The number of nitrogens with one attached hydrogen (secondary N) is 2. The number of aryl methyl sites for hydroxylation is 1. The molecule has 0 spiro atoms. The molecule has 1 atom stereocenters. The first-order valence-corrected chi connectivity index (χ1v) is 6.12. The van der Waals surface area contributed by atoms with Crippen molar-refractivity contribution in [2.24, 2.45) is 0 Å². The average molecular weight is 301 g/mol. The summed E-state index contributed by atoms with van der Waals surface area (Å²) in [6, 6.07) is 0.409. The highest BCUT2D eigenvalue weighted by Gasteiger charge is 2.33. The topological polar surface area (TPSA) is 75.9 Å². The Morgan fingerprint density at radius 1 is 1.29 bits per heavy atom. The summed E-state index contributed by atoms with van der Waals surface area (Å²) in [5.74, 6) is 0.895. The fourth-order valence-electron chi connectivity index (χ4n) is 1.63. The molecule has 0 bridgehead atoms. The number of hydrogen-bond acceptors (Lipinski definition) is 6. The largest absolute Gasteiger partial charge is 0.444 e. The lowest BCUT2D eigenvalue weighted by atomic mass is 10.3. The van der Waals surface area contributed by atoms with Crippen LogP contribution in [0.1, 0.15) is 30.3 Å². The minimum Gasteiger partial charge on any atom is -0.444 e. The number of anilines is 2. The van der Waals surface area contributed by atoms with Gasteiger partial charge in [0.05, 0.1) is 6.20 Å². The van der Waals surface area contributed by atoms with Gasteiger partial charge in [-0.1, -0.05) is 0 Å². The van der Waals surface area contributed by atoms with E-state index in [0.717, 1.165) is 6.07 Å². The minimum absolute atomic E-state index is 0.0324. The van der Waals surface area contributed by atoms with Crippen molar-refractivity contribution in [3.05, 3.63) is 29.6 Å². The highest BCUT2D eigenvalue weighted by molar-refractivity contribution is 5.43. The van der Waals surface area contributed by atoms with E-state index in [2.05, 4.69) is 25.6 Å². The third-order valence-corrected chi connectivity index (χ3v) is 2.61. The van der Waals surface area contributed by atoms with Gasteiger partial charge in [-0.3, -0.25) is 0 Å². The zero-order chi connectivity index (χ0) is 15.6. The predicted octanol–water partition coefficient (Wildman–Crippen LogP) is 3.01. The van der Waals surface area contributed by atoms with Gasteiger partial charge in [-0.2, -0.15) is 18.2 Å². The molecule has 0 aliphatic carbocycles. The van der Waals surface area contributed by atoms with Crippen LogP contribution in [0.5, 0.6) is 0 Å². The normalized spacial score (nSPS) is 13.0. The van der Waals surface area contributed by atoms with Crippen LogP contribution in [0, 0.1) is 6.92 Å². The SMILES string of the molecule is CNc1nc(NC(C)c2ncc(C)o2)cc(C(F)(F)F)n1. The van der Waals surface area contributed by atoms with Crippen LogP contribution < -0.4 is 10.6 Å². The van der Waals surface area contributed by atoms with Crippen LogP contribution in [0.15, 0.2) is 16.7 Å². The number of hydrogen-bond donors (Lipinski definition) is 2. The van der Waals surface area contributed by atoms with Crippen molar-refractivity contribution in [1.82, 2.24) is 15.0 Å². The van der Waals surface area contributed by atoms with E-state index >= 15 is 0 Å². The Kier molecular flexibility index (Phi) is 4.01. The second-order valence-corrected chi connectivity index (χ2v) is 4.38. The molecule has 2 N–H and O–H groups in total. The summed E-state index contributed by atoms with van der Waals surface area (Å²) in [6.07, 6.45) is -3.01. The van der Waals surface area contributed by atoms with Crippen molar-refractivity contribution in [2.75, 3.05) is 17.7 Å². The molecule has 0 saturated carbocycles. The molecule has 0 fully saturated rings. The Hall–Kier alpha value is -2.32. The molecule has 0 aliphatic rings. The van der Waals surface area contributed by atoms with Gasteiger partial charge in [0.1, 0.15) is 17.6 Å². The van der Waals surface area contributed by atoms with Crippen molar-refractivity contribution in [2.45, 2.75) is 26.1 Å². The second kappa shape index (κ2) is 5.58. The van der Waals surface area contributed by atoms with E-state index in [-0.39, 0.29) is 11.8 Å². The van der Waals surface area contributed by atoms with Gasteiger partial charge in [-0.05, 0) is 13.8 Å². The van der Waals surface area contributed by atoms with Crippen LogP contribution in [0.25, 0.3) is 0 Å². The Morgan fingerprint density at radius 2 is 2.00 bits per heavy atom. The Balaban J connectivity index is 2.27. The minimum atomic E-state index is -4.55. The molecule has 0 radical (unpaired) electrons. The standard InChI is InChI=1S/C12H14F3N5O/c1-6-5-17-10(21-6)7(2)18-9-4-8(12(13,14)15)19-11(16-3)20-9/h4-5,7H,1-3H3,(H2,16,18,19,20). The fourth-order valence-corrected chi connectivity index (χ4v) is 1.63. The van der Waals surface area contributed by atoms with Crippen LogP contribution in [0.2, 0.25) is 0 Å². The molecule has 2 aromatic rings. The van der Waals surface area contributed by atoms with Crippen molar-refractivity contribution < 1.29 is 17.6 Å². The predicted molar refractivity (Wildman–Crippen MR) is 69.9 cm³/mol. The maximum atomic E-state index is 12.8. The molecule has 2 aromatic heterocycles. The first-order chi connectivity index (χ1) is 9.79. The monoisotopic (exact) mass is 301 g/mol. The summed E-state index contributed by atoms with van der Waals surface area (Å²) < 4.78 is 43.6. The van der Waals surface area contributed by atoms with Crippen molar-refractivity contribution >= 4 is 11.8 Å². The molecule has 0 saturated heterocycles. The first-order valence-electron chi connectivity index (χ1n) is 6.12. The zero-order valence-electron chi connectivity index (χ0n) is 11.6. The number of alkyl halides is 3. The molecule has 21 heavy (non-hydrogen) atoms. The van der Waals surface area contributed by atoms with Crippen molar-refractivity contribution in [3.63, 3.8) is 0 Å². The molecule has 9 heteroatoms. The van der Waals surface area contributed by atoms with E-state index < -0.39 is 17.9 Å². The Morgan fingerprint density at radius 3 is 2.52 bits per heavy atom. The molecule has 2 heterocycles. The zero-order valence-corrected chi connectivity index (χ0v) is 11.6. The van der Waals surface area contributed by atoms with E-state index in [4.69, 9.17) is 4.42 Å². The molecular weight excluding hydrogens is 287 g/mol. The highest BCUT2D eigenvalue weighted by atomic mass is 19.4. The Labute approximate surface area is 118 Å². The molecule has 1 unspecified atom stereocenters. The first kappa shape index (κ1) is 15.1. The summed E-state index contributed by atoms with van der Waals surface area (Å²) in [6.45, 7) is 3.44. The molecule has 114 valence electrons. The number of nitrogens with zero attached hydrogens (tertiary/aromatic N) is 3. The summed E-state index contributed by atoms with van der Waals surface area (Å²) in [4.78, 5) is 11.3. The Bertz CT molecular complexity index is 626. The van der Waals surface area contributed by atoms with Crippen molar-refractivity contribution in [1.29, 1.82) is 0 Å². The smallest absolute Gasteiger partial charge is 0.433 e. The van der Waals surface area contributed by atoms with Gasteiger partial charge in [0.15, 0.2) is 5.69 Å². The maximum absolute atomic E-state index is 12.8. The van der Waals surface area contributed by atoms with Gasteiger partial charge >= 0.3 is 6.18 Å². The molecule has 2 rings (SSSR count). The van der Waals surface area contributed by atoms with Gasteiger partial charge in [0, 0.05) is 13.1 Å². The lowest BCUT2D eigenvalue weighted by Gasteiger charge is -2.14. The van der Waals surface area contributed by atoms with E-state index in [0.29, 0.717) is 11.7 Å². The van der Waals surface area contributed by atoms with Gasteiger partial charge < -0.3 is 15.1 Å². The summed E-state index contributed by atoms with van der Waals surface area (Å²) in [7, 11) is 1.44. The molecular formula is C12H14F3N5O. The molecule has 6 nitrogen and oxygen atoms in total. The maximum Gasteiger partial charge on any atom is 0.433 e. The third kappa shape index (κ3) is 3.61. The van der Waals surface area contributed by atoms with E-state index in [9.17, 15) is 13.2 Å². The van der Waals surface area contributed by atoms with E-state index in [1.165, 1.54) is 13.2 Å². The number of halogens is 3. The lowest BCUT2D eigenvalue weighted by Crippen LogP contribution is -2.14. The van der Waals surface area contributed by atoms with Crippen LogP contribution in [-0.2, 0) is 6.18 Å². The lowest BCUT2D eigenvalue weighted by molar-refractivity contribution is -0.141. The summed E-state index contributed by atoms with van der Waals surface area (Å²) >= 11 is 0. The van der Waals surface area contributed by atoms with E-state index in [1.807, 2.05) is 0 Å².